The Labute approximate surface area is 156 Å². The molecule has 140 valence electrons. The number of nitrogens with zero attached hydrogens (tertiary/aromatic N) is 3. The minimum Gasteiger partial charge on any atom is -0.375 e. The zero-order valence-electron chi connectivity index (χ0n) is 15.6. The Balaban J connectivity index is 1.35. The molecule has 2 fully saturated rings. The van der Waals surface area contributed by atoms with E-state index in [0.717, 1.165) is 57.7 Å². The van der Waals surface area contributed by atoms with Crippen molar-refractivity contribution >= 4 is 5.91 Å². The first-order chi connectivity index (χ1) is 12.7. The normalized spacial score (nSPS) is 29.3. The topological polar surface area (TPSA) is 45.7 Å². The van der Waals surface area contributed by atoms with E-state index in [-0.39, 0.29) is 11.3 Å². The summed E-state index contributed by atoms with van der Waals surface area (Å²) in [7, 11) is 2.19. The van der Waals surface area contributed by atoms with Crippen LogP contribution in [0.3, 0.4) is 0 Å². The Bertz CT molecular complexity index is 654. The van der Waals surface area contributed by atoms with Crippen LogP contribution in [0.15, 0.2) is 36.5 Å². The van der Waals surface area contributed by atoms with Crippen molar-refractivity contribution in [2.45, 2.75) is 25.9 Å². The lowest BCUT2D eigenvalue weighted by Gasteiger charge is -2.31. The van der Waals surface area contributed by atoms with E-state index in [1.54, 1.807) is 0 Å². The second-order valence-electron chi connectivity index (χ2n) is 8.24. The summed E-state index contributed by atoms with van der Waals surface area (Å²) in [6, 6.07) is 5.92. The molecule has 0 bridgehead atoms. The van der Waals surface area contributed by atoms with E-state index >= 15 is 0 Å². The Kier molecular flexibility index (Phi) is 5.09. The van der Waals surface area contributed by atoms with Crippen LogP contribution < -0.4 is 0 Å². The van der Waals surface area contributed by atoms with Crippen molar-refractivity contribution in [2.75, 3.05) is 39.8 Å². The van der Waals surface area contributed by atoms with Crippen molar-refractivity contribution in [3.63, 3.8) is 0 Å². The smallest absolute Gasteiger partial charge is 0.226 e. The molecule has 26 heavy (non-hydrogen) atoms. The molecule has 5 heteroatoms. The van der Waals surface area contributed by atoms with Crippen LogP contribution in [0.1, 0.15) is 25.0 Å². The van der Waals surface area contributed by atoms with Gasteiger partial charge < -0.3 is 14.5 Å². The lowest BCUT2D eigenvalue weighted by molar-refractivity contribution is -0.134. The molecule has 0 N–H and O–H groups in total. The van der Waals surface area contributed by atoms with Crippen LogP contribution >= 0.6 is 0 Å². The third kappa shape index (κ3) is 3.55. The zero-order valence-corrected chi connectivity index (χ0v) is 15.6. The van der Waals surface area contributed by atoms with E-state index in [2.05, 4.69) is 34.0 Å². The van der Waals surface area contributed by atoms with Gasteiger partial charge >= 0.3 is 0 Å². The van der Waals surface area contributed by atoms with Gasteiger partial charge in [0.25, 0.3) is 0 Å². The van der Waals surface area contributed by atoms with E-state index in [1.807, 2.05) is 24.4 Å². The molecule has 1 amide bonds. The van der Waals surface area contributed by atoms with Gasteiger partial charge in [-0.2, -0.15) is 0 Å². The third-order valence-electron chi connectivity index (χ3n) is 6.33. The summed E-state index contributed by atoms with van der Waals surface area (Å²) in [4.78, 5) is 21.7. The summed E-state index contributed by atoms with van der Waals surface area (Å²) in [5.74, 6) is 1.02. The van der Waals surface area contributed by atoms with Crippen LogP contribution in [0.25, 0.3) is 0 Å². The Morgan fingerprint density at radius 3 is 2.92 bits per heavy atom. The summed E-state index contributed by atoms with van der Waals surface area (Å²) >= 11 is 0. The van der Waals surface area contributed by atoms with Gasteiger partial charge in [0, 0.05) is 49.6 Å². The number of amides is 1. The number of hydrogen-bond acceptors (Lipinski definition) is 4. The maximum atomic E-state index is 12.8. The number of carbonyl (C=O) groups excluding carboxylic acids is 1. The van der Waals surface area contributed by atoms with E-state index in [0.29, 0.717) is 18.4 Å². The maximum absolute atomic E-state index is 12.8. The second kappa shape index (κ2) is 7.49. The first-order valence-corrected chi connectivity index (χ1v) is 9.76. The molecular weight excluding hydrogens is 326 g/mol. The number of pyridine rings is 1. The fourth-order valence-corrected chi connectivity index (χ4v) is 4.94. The third-order valence-corrected chi connectivity index (χ3v) is 6.33. The van der Waals surface area contributed by atoms with Crippen molar-refractivity contribution in [3.05, 3.63) is 42.2 Å². The molecule has 2 atom stereocenters. The van der Waals surface area contributed by atoms with E-state index in [9.17, 15) is 4.79 Å². The fourth-order valence-electron chi connectivity index (χ4n) is 4.94. The molecule has 1 aliphatic carbocycles. The molecule has 2 aliphatic heterocycles. The molecule has 0 radical (unpaired) electrons. The van der Waals surface area contributed by atoms with Crippen molar-refractivity contribution in [3.8, 4) is 0 Å². The van der Waals surface area contributed by atoms with Crippen molar-refractivity contribution in [1.29, 1.82) is 0 Å². The van der Waals surface area contributed by atoms with Gasteiger partial charge in [0.2, 0.25) is 5.91 Å². The Morgan fingerprint density at radius 2 is 2.15 bits per heavy atom. The van der Waals surface area contributed by atoms with Gasteiger partial charge in [-0.15, -0.1) is 0 Å². The van der Waals surface area contributed by atoms with Gasteiger partial charge in [0.1, 0.15) is 0 Å². The lowest BCUT2D eigenvalue weighted by Crippen LogP contribution is -2.39. The predicted octanol–water partition coefficient (Wildman–Crippen LogP) is 2.34. The molecule has 4 rings (SSSR count). The average Bonchev–Trinajstić information content (AvgIpc) is 3.37. The molecule has 1 aromatic rings. The summed E-state index contributed by atoms with van der Waals surface area (Å²) < 4.78 is 6.03. The second-order valence-corrected chi connectivity index (χ2v) is 8.24. The van der Waals surface area contributed by atoms with Crippen LogP contribution in [0.4, 0.5) is 0 Å². The highest BCUT2D eigenvalue weighted by atomic mass is 16.5. The molecule has 1 aromatic heterocycles. The number of hydrogen-bond donors (Lipinski definition) is 0. The molecule has 0 aromatic carbocycles. The van der Waals surface area contributed by atoms with Gasteiger partial charge in [0.15, 0.2) is 0 Å². The van der Waals surface area contributed by atoms with Crippen LogP contribution in [-0.2, 0) is 16.1 Å². The predicted molar refractivity (Wildman–Crippen MR) is 100 cm³/mol. The number of ether oxygens (including phenoxy) is 1. The fraction of sp³-hybridized carbons (Fsp3) is 0.619. The van der Waals surface area contributed by atoms with Crippen LogP contribution in [0.2, 0.25) is 0 Å². The van der Waals surface area contributed by atoms with Crippen LogP contribution in [0, 0.1) is 17.3 Å². The van der Waals surface area contributed by atoms with Gasteiger partial charge in [-0.25, -0.2) is 0 Å². The van der Waals surface area contributed by atoms with Crippen LogP contribution in [-0.4, -0.2) is 60.5 Å². The molecule has 3 aliphatic rings. The van der Waals surface area contributed by atoms with E-state index in [4.69, 9.17) is 4.74 Å². The molecule has 0 saturated carbocycles. The lowest BCUT2D eigenvalue weighted by atomic mass is 9.77. The summed E-state index contributed by atoms with van der Waals surface area (Å²) in [6.07, 6.45) is 9.03. The molecule has 2 saturated heterocycles. The Morgan fingerprint density at radius 1 is 1.31 bits per heavy atom. The molecule has 0 unspecified atom stereocenters. The largest absolute Gasteiger partial charge is 0.375 e. The van der Waals surface area contributed by atoms with Crippen molar-refractivity contribution < 1.29 is 9.53 Å². The summed E-state index contributed by atoms with van der Waals surface area (Å²) in [5, 5.41) is 0. The highest BCUT2D eigenvalue weighted by Gasteiger charge is 2.50. The van der Waals surface area contributed by atoms with Gasteiger partial charge in [-0.05, 0) is 38.4 Å². The van der Waals surface area contributed by atoms with E-state index in [1.165, 1.54) is 0 Å². The van der Waals surface area contributed by atoms with E-state index < -0.39 is 0 Å². The highest BCUT2D eigenvalue weighted by Crippen LogP contribution is 2.44. The van der Waals surface area contributed by atoms with Crippen molar-refractivity contribution in [2.24, 2.45) is 17.3 Å². The number of allylic oxidation sites excluding steroid dienone is 2. The summed E-state index contributed by atoms with van der Waals surface area (Å²) in [5.41, 5.74) is 1.17. The molecular formula is C21H29N3O2. The average molecular weight is 355 g/mol. The quantitative estimate of drug-likeness (QED) is 0.761. The standard InChI is InChI=1S/C21H29N3O2/c1-23-12-18(13-26-14-19-8-4-5-10-22-19)21(15-23)9-11-24(16-21)20(25)17-6-2-3-7-17/h2-5,8,10,17-18H,6-7,9,11-16H2,1H3/t18-,21+/m0/s1. The minimum atomic E-state index is 0.183. The first kappa shape index (κ1) is 17.7. The number of carbonyl (C=O) groups is 1. The van der Waals surface area contributed by atoms with Crippen molar-refractivity contribution in [1.82, 2.24) is 14.8 Å². The van der Waals surface area contributed by atoms with Crippen LogP contribution in [0.5, 0.6) is 0 Å². The Hall–Kier alpha value is -1.72. The monoisotopic (exact) mass is 355 g/mol. The summed E-state index contributed by atoms with van der Waals surface area (Å²) in [6.45, 7) is 5.22. The first-order valence-electron chi connectivity index (χ1n) is 9.76. The van der Waals surface area contributed by atoms with Gasteiger partial charge in [-0.1, -0.05) is 18.2 Å². The minimum absolute atomic E-state index is 0.183. The number of aromatic nitrogens is 1. The van der Waals surface area contributed by atoms with Gasteiger partial charge in [-0.3, -0.25) is 9.78 Å². The molecule has 3 heterocycles. The molecule has 5 nitrogen and oxygen atoms in total. The maximum Gasteiger partial charge on any atom is 0.226 e. The number of likely N-dealkylation sites (tertiary alicyclic amines) is 2. The molecule has 1 spiro atoms. The number of rotatable bonds is 5. The SMILES string of the molecule is CN1C[C@@H](COCc2ccccn2)[C@]2(CCN(C(=O)C3CC=CC3)C2)C1. The highest BCUT2D eigenvalue weighted by molar-refractivity contribution is 5.80. The van der Waals surface area contributed by atoms with Gasteiger partial charge in [0.05, 0.1) is 18.9 Å². The zero-order chi connectivity index (χ0) is 18.0.